The Hall–Kier alpha value is -2.41. The molecule has 0 spiro atoms. The molecule has 0 aromatic heterocycles. The largest absolute Gasteiger partial charge is 0.507 e. The molecular formula is C15H21N3O4. The van der Waals surface area contributed by atoms with Crippen molar-refractivity contribution in [3.8, 4) is 5.75 Å². The number of carbonyl (C=O) groups excluding carboxylic acids is 2. The molecule has 0 fully saturated rings. The van der Waals surface area contributed by atoms with Crippen LogP contribution in [-0.4, -0.2) is 42.4 Å². The number of phenolic OH excluding ortho intramolecular Hbond substituents is 1. The minimum absolute atomic E-state index is 0.0371. The highest BCUT2D eigenvalue weighted by molar-refractivity contribution is 6.35. The van der Waals surface area contributed by atoms with Crippen molar-refractivity contribution >= 4 is 18.0 Å². The summed E-state index contributed by atoms with van der Waals surface area (Å²) in [7, 11) is 0. The van der Waals surface area contributed by atoms with E-state index in [0.29, 0.717) is 25.1 Å². The van der Waals surface area contributed by atoms with Crippen LogP contribution in [0.2, 0.25) is 0 Å². The van der Waals surface area contributed by atoms with Gasteiger partial charge in [0.2, 0.25) is 0 Å². The highest BCUT2D eigenvalue weighted by Gasteiger charge is 2.11. The molecule has 22 heavy (non-hydrogen) atoms. The lowest BCUT2D eigenvalue weighted by atomic mass is 10.2. The fourth-order valence-electron chi connectivity index (χ4n) is 1.48. The molecule has 1 aromatic rings. The average Bonchev–Trinajstić information content (AvgIpc) is 2.48. The second kappa shape index (κ2) is 9.51. The molecule has 3 N–H and O–H groups in total. The second-order valence-electron chi connectivity index (χ2n) is 4.79. The van der Waals surface area contributed by atoms with Gasteiger partial charge in [-0.1, -0.05) is 12.1 Å². The zero-order valence-electron chi connectivity index (χ0n) is 12.7. The van der Waals surface area contributed by atoms with Crippen LogP contribution in [0.4, 0.5) is 0 Å². The van der Waals surface area contributed by atoms with E-state index < -0.39 is 11.8 Å². The third kappa shape index (κ3) is 6.85. The number of benzene rings is 1. The van der Waals surface area contributed by atoms with Gasteiger partial charge in [0.15, 0.2) is 0 Å². The maximum absolute atomic E-state index is 11.5. The van der Waals surface area contributed by atoms with Crippen LogP contribution in [0.3, 0.4) is 0 Å². The first kappa shape index (κ1) is 17.6. The molecule has 1 rings (SSSR count). The fourth-order valence-corrected chi connectivity index (χ4v) is 1.48. The van der Waals surface area contributed by atoms with Crippen molar-refractivity contribution in [2.75, 3.05) is 13.2 Å². The van der Waals surface area contributed by atoms with Crippen molar-refractivity contribution in [1.82, 2.24) is 10.7 Å². The molecule has 7 nitrogen and oxygen atoms in total. The van der Waals surface area contributed by atoms with Crippen molar-refractivity contribution in [2.24, 2.45) is 5.10 Å². The number of rotatable bonds is 7. The Balaban J connectivity index is 2.27. The monoisotopic (exact) mass is 307 g/mol. The summed E-state index contributed by atoms with van der Waals surface area (Å²) in [6.45, 7) is 4.72. The summed E-state index contributed by atoms with van der Waals surface area (Å²) in [6.07, 6.45) is 2.03. The Kier molecular flexibility index (Phi) is 7.63. The minimum atomic E-state index is -0.864. The molecule has 0 aliphatic heterocycles. The van der Waals surface area contributed by atoms with E-state index in [2.05, 4.69) is 15.8 Å². The quantitative estimate of drug-likeness (QED) is 0.300. The molecule has 0 saturated carbocycles. The number of hydrogen-bond acceptors (Lipinski definition) is 5. The van der Waals surface area contributed by atoms with Gasteiger partial charge in [0.1, 0.15) is 5.75 Å². The summed E-state index contributed by atoms with van der Waals surface area (Å²) in [5, 5.41) is 15.6. The summed E-state index contributed by atoms with van der Waals surface area (Å²) in [4.78, 5) is 22.9. The number of ether oxygens (including phenoxy) is 1. The summed E-state index contributed by atoms with van der Waals surface area (Å²) in [5.41, 5.74) is 2.53. The van der Waals surface area contributed by atoms with Gasteiger partial charge in [0.05, 0.1) is 12.3 Å². The Morgan fingerprint density at radius 2 is 2.05 bits per heavy atom. The van der Waals surface area contributed by atoms with Crippen molar-refractivity contribution in [3.63, 3.8) is 0 Å². The highest BCUT2D eigenvalue weighted by Crippen LogP contribution is 2.12. The third-order valence-corrected chi connectivity index (χ3v) is 2.57. The van der Waals surface area contributed by atoms with E-state index in [0.717, 1.165) is 0 Å². The molecule has 0 heterocycles. The standard InChI is InChI=1S/C15H21N3O4/c1-11(2)22-9-5-8-16-14(20)15(21)18-17-10-12-6-3-4-7-13(12)19/h3-4,6-7,10-11,19H,5,8-9H2,1-2H3,(H,16,20)(H,18,21)/b17-10+. The van der Waals surface area contributed by atoms with E-state index in [1.165, 1.54) is 12.3 Å². The van der Waals surface area contributed by atoms with Gasteiger partial charge in [0.25, 0.3) is 0 Å². The number of nitrogens with zero attached hydrogens (tertiary/aromatic N) is 1. The second-order valence-corrected chi connectivity index (χ2v) is 4.79. The van der Waals surface area contributed by atoms with E-state index >= 15 is 0 Å². The van der Waals surface area contributed by atoms with Gasteiger partial charge < -0.3 is 15.2 Å². The SMILES string of the molecule is CC(C)OCCCNC(=O)C(=O)N/N=C/c1ccccc1O. The number of phenols is 1. The van der Waals surface area contributed by atoms with Crippen molar-refractivity contribution < 1.29 is 19.4 Å². The predicted octanol–water partition coefficient (Wildman–Crippen LogP) is 0.774. The normalized spacial score (nSPS) is 10.9. The van der Waals surface area contributed by atoms with E-state index in [1.54, 1.807) is 18.2 Å². The van der Waals surface area contributed by atoms with Crippen LogP contribution in [0.15, 0.2) is 29.4 Å². The fraction of sp³-hybridized carbons (Fsp3) is 0.400. The lowest BCUT2D eigenvalue weighted by Gasteiger charge is -2.07. The number of amides is 2. The van der Waals surface area contributed by atoms with Gasteiger partial charge in [-0.15, -0.1) is 0 Å². The molecular weight excluding hydrogens is 286 g/mol. The Morgan fingerprint density at radius 3 is 2.73 bits per heavy atom. The maximum atomic E-state index is 11.5. The van der Waals surface area contributed by atoms with Gasteiger partial charge in [-0.2, -0.15) is 5.10 Å². The molecule has 2 amide bonds. The average molecular weight is 307 g/mol. The molecule has 0 radical (unpaired) electrons. The number of para-hydroxylation sites is 1. The number of hydrazone groups is 1. The molecule has 0 unspecified atom stereocenters. The zero-order chi connectivity index (χ0) is 16.4. The summed E-state index contributed by atoms with van der Waals surface area (Å²) in [6, 6.07) is 6.51. The molecule has 0 saturated heterocycles. The van der Waals surface area contributed by atoms with Crippen molar-refractivity contribution in [2.45, 2.75) is 26.4 Å². The molecule has 0 aliphatic rings. The minimum Gasteiger partial charge on any atom is -0.507 e. The lowest BCUT2D eigenvalue weighted by molar-refractivity contribution is -0.139. The molecule has 1 aromatic carbocycles. The van der Waals surface area contributed by atoms with Gasteiger partial charge in [-0.3, -0.25) is 9.59 Å². The number of nitrogens with one attached hydrogen (secondary N) is 2. The Bertz CT molecular complexity index is 529. The number of hydrogen-bond donors (Lipinski definition) is 3. The first-order valence-electron chi connectivity index (χ1n) is 7.01. The zero-order valence-corrected chi connectivity index (χ0v) is 12.7. The summed E-state index contributed by atoms with van der Waals surface area (Å²) >= 11 is 0. The van der Waals surface area contributed by atoms with Crippen LogP contribution in [0.5, 0.6) is 5.75 Å². The number of aromatic hydroxyl groups is 1. The first-order valence-corrected chi connectivity index (χ1v) is 7.01. The van der Waals surface area contributed by atoms with Crippen LogP contribution in [-0.2, 0) is 14.3 Å². The Labute approximate surface area is 129 Å². The van der Waals surface area contributed by atoms with Gasteiger partial charge in [0, 0.05) is 18.7 Å². The van der Waals surface area contributed by atoms with Gasteiger partial charge in [-0.25, -0.2) is 5.43 Å². The molecule has 0 atom stereocenters. The summed E-state index contributed by atoms with van der Waals surface area (Å²) in [5.74, 6) is -1.59. The first-order chi connectivity index (χ1) is 10.5. The topological polar surface area (TPSA) is 100 Å². The lowest BCUT2D eigenvalue weighted by Crippen LogP contribution is -2.38. The molecule has 120 valence electrons. The molecule has 0 aliphatic carbocycles. The number of carbonyl (C=O) groups is 2. The van der Waals surface area contributed by atoms with Crippen LogP contribution < -0.4 is 10.7 Å². The van der Waals surface area contributed by atoms with Crippen LogP contribution in [0, 0.1) is 0 Å². The van der Waals surface area contributed by atoms with Crippen LogP contribution in [0.1, 0.15) is 25.8 Å². The van der Waals surface area contributed by atoms with Crippen molar-refractivity contribution in [3.05, 3.63) is 29.8 Å². The smallest absolute Gasteiger partial charge is 0.329 e. The summed E-state index contributed by atoms with van der Waals surface area (Å²) < 4.78 is 5.31. The van der Waals surface area contributed by atoms with Crippen LogP contribution >= 0.6 is 0 Å². The molecule has 0 bridgehead atoms. The molecule has 7 heteroatoms. The van der Waals surface area contributed by atoms with Gasteiger partial charge >= 0.3 is 11.8 Å². The Morgan fingerprint density at radius 1 is 1.32 bits per heavy atom. The van der Waals surface area contributed by atoms with E-state index in [4.69, 9.17) is 4.74 Å². The third-order valence-electron chi connectivity index (χ3n) is 2.57. The highest BCUT2D eigenvalue weighted by atomic mass is 16.5. The van der Waals surface area contributed by atoms with E-state index in [-0.39, 0.29) is 11.9 Å². The van der Waals surface area contributed by atoms with Crippen LogP contribution in [0.25, 0.3) is 0 Å². The predicted molar refractivity (Wildman–Crippen MR) is 82.6 cm³/mol. The van der Waals surface area contributed by atoms with E-state index in [9.17, 15) is 14.7 Å². The van der Waals surface area contributed by atoms with Crippen molar-refractivity contribution in [1.29, 1.82) is 0 Å². The maximum Gasteiger partial charge on any atom is 0.329 e. The van der Waals surface area contributed by atoms with Gasteiger partial charge in [-0.05, 0) is 32.4 Å². The van der Waals surface area contributed by atoms with E-state index in [1.807, 2.05) is 13.8 Å².